The molecule has 0 radical (unpaired) electrons. The van der Waals surface area contributed by atoms with E-state index in [1.54, 1.807) is 7.05 Å². The lowest BCUT2D eigenvalue weighted by Gasteiger charge is -2.34. The predicted molar refractivity (Wildman–Crippen MR) is 61.5 cm³/mol. The summed E-state index contributed by atoms with van der Waals surface area (Å²) in [6, 6.07) is 0.923. The Balaban J connectivity index is 2.40. The van der Waals surface area contributed by atoms with Crippen LogP contribution in [0, 0.1) is 0 Å². The third kappa shape index (κ3) is 3.80. The summed E-state index contributed by atoms with van der Waals surface area (Å²) < 4.78 is 0. The lowest BCUT2D eigenvalue weighted by atomic mass is 9.91. The summed E-state index contributed by atoms with van der Waals surface area (Å²) >= 11 is 0. The van der Waals surface area contributed by atoms with E-state index in [0.29, 0.717) is 18.6 Å². The van der Waals surface area contributed by atoms with Crippen LogP contribution >= 0.6 is 0 Å². The van der Waals surface area contributed by atoms with E-state index in [9.17, 15) is 4.79 Å². The lowest BCUT2D eigenvalue weighted by molar-refractivity contribution is -0.122. The maximum atomic E-state index is 11.3. The Morgan fingerprint density at radius 3 is 2.47 bits per heavy atom. The van der Waals surface area contributed by atoms with Crippen LogP contribution in [0.15, 0.2) is 0 Å². The van der Waals surface area contributed by atoms with Crippen molar-refractivity contribution < 1.29 is 4.79 Å². The van der Waals surface area contributed by atoms with Gasteiger partial charge in [-0.3, -0.25) is 9.69 Å². The molecule has 1 aliphatic rings. The van der Waals surface area contributed by atoms with Crippen molar-refractivity contribution in [3.8, 4) is 0 Å². The smallest absolute Gasteiger partial charge is 0.233 e. The van der Waals surface area contributed by atoms with Crippen LogP contribution < -0.4 is 11.1 Å². The first kappa shape index (κ1) is 12.5. The molecule has 0 heterocycles. The van der Waals surface area contributed by atoms with Crippen molar-refractivity contribution in [2.75, 3.05) is 20.1 Å². The maximum Gasteiger partial charge on any atom is 0.233 e. The standard InChI is InChI=1S/C11H23N3O/c1-3-14(8-11(15)13-2)10-6-4-9(12)5-7-10/h9-10H,3-8,12H2,1-2H3,(H,13,15). The third-order valence-corrected chi connectivity index (χ3v) is 3.29. The van der Waals surface area contributed by atoms with Crippen LogP contribution in [0.2, 0.25) is 0 Å². The van der Waals surface area contributed by atoms with Gasteiger partial charge in [0.2, 0.25) is 5.91 Å². The number of amides is 1. The summed E-state index contributed by atoms with van der Waals surface area (Å²) in [4.78, 5) is 13.6. The molecule has 1 aliphatic carbocycles. The van der Waals surface area contributed by atoms with Crippen molar-refractivity contribution in [1.82, 2.24) is 10.2 Å². The minimum atomic E-state index is 0.103. The van der Waals surface area contributed by atoms with Gasteiger partial charge < -0.3 is 11.1 Å². The Bertz CT molecular complexity index is 200. The second-order valence-electron chi connectivity index (χ2n) is 4.30. The molecule has 0 aliphatic heterocycles. The van der Waals surface area contributed by atoms with E-state index in [4.69, 9.17) is 5.73 Å². The second kappa shape index (κ2) is 6.08. The van der Waals surface area contributed by atoms with Crippen LogP contribution in [-0.4, -0.2) is 43.0 Å². The Labute approximate surface area is 92.2 Å². The zero-order chi connectivity index (χ0) is 11.3. The molecule has 1 amide bonds. The molecule has 0 unspecified atom stereocenters. The molecule has 3 N–H and O–H groups in total. The monoisotopic (exact) mass is 213 g/mol. The van der Waals surface area contributed by atoms with Crippen molar-refractivity contribution in [2.24, 2.45) is 5.73 Å². The SMILES string of the molecule is CCN(CC(=O)NC)C1CCC(N)CC1. The number of nitrogens with two attached hydrogens (primary N) is 1. The van der Waals surface area contributed by atoms with Gasteiger partial charge in [0.15, 0.2) is 0 Å². The van der Waals surface area contributed by atoms with E-state index in [-0.39, 0.29) is 5.91 Å². The fourth-order valence-corrected chi connectivity index (χ4v) is 2.23. The zero-order valence-corrected chi connectivity index (χ0v) is 9.83. The summed E-state index contributed by atoms with van der Waals surface area (Å²) in [6.45, 7) is 3.57. The number of hydrogen-bond acceptors (Lipinski definition) is 3. The molecule has 0 aromatic rings. The zero-order valence-electron chi connectivity index (χ0n) is 9.83. The Morgan fingerprint density at radius 1 is 1.40 bits per heavy atom. The van der Waals surface area contributed by atoms with Crippen LogP contribution in [0.5, 0.6) is 0 Å². The molecule has 0 atom stereocenters. The van der Waals surface area contributed by atoms with E-state index in [1.807, 2.05) is 0 Å². The molecule has 1 saturated carbocycles. The highest BCUT2D eigenvalue weighted by molar-refractivity contribution is 5.77. The highest BCUT2D eigenvalue weighted by Gasteiger charge is 2.24. The Hall–Kier alpha value is -0.610. The highest BCUT2D eigenvalue weighted by Crippen LogP contribution is 2.21. The molecule has 0 aromatic heterocycles. The Kier molecular flexibility index (Phi) is 5.05. The maximum absolute atomic E-state index is 11.3. The molecule has 1 fully saturated rings. The van der Waals surface area contributed by atoms with Gasteiger partial charge in [-0.05, 0) is 32.2 Å². The minimum absolute atomic E-state index is 0.103. The molecule has 15 heavy (non-hydrogen) atoms. The first-order chi connectivity index (χ1) is 7.17. The molecular weight excluding hydrogens is 190 g/mol. The number of likely N-dealkylation sites (N-methyl/N-ethyl adjacent to an activating group) is 2. The average Bonchev–Trinajstić information content (AvgIpc) is 2.27. The van der Waals surface area contributed by atoms with Crippen LogP contribution in [0.3, 0.4) is 0 Å². The van der Waals surface area contributed by atoms with E-state index in [2.05, 4.69) is 17.1 Å². The number of carbonyl (C=O) groups is 1. The molecule has 0 spiro atoms. The van der Waals surface area contributed by atoms with Gasteiger partial charge in [-0.25, -0.2) is 0 Å². The van der Waals surface area contributed by atoms with Gasteiger partial charge in [-0.1, -0.05) is 6.92 Å². The van der Waals surface area contributed by atoms with E-state index >= 15 is 0 Å². The number of hydrogen-bond donors (Lipinski definition) is 2. The first-order valence-electron chi connectivity index (χ1n) is 5.87. The summed E-state index contributed by atoms with van der Waals surface area (Å²) in [5, 5.41) is 2.67. The normalized spacial score (nSPS) is 26.7. The summed E-state index contributed by atoms with van der Waals surface area (Å²) in [6.07, 6.45) is 4.45. The molecule has 4 nitrogen and oxygen atoms in total. The molecule has 0 saturated heterocycles. The van der Waals surface area contributed by atoms with Gasteiger partial charge in [0.1, 0.15) is 0 Å². The van der Waals surface area contributed by atoms with Gasteiger partial charge in [0.25, 0.3) is 0 Å². The van der Waals surface area contributed by atoms with E-state index < -0.39 is 0 Å². The summed E-state index contributed by atoms with van der Waals surface area (Å²) in [5.41, 5.74) is 5.87. The first-order valence-corrected chi connectivity index (χ1v) is 5.87. The number of rotatable bonds is 4. The quantitative estimate of drug-likeness (QED) is 0.707. The van der Waals surface area contributed by atoms with Gasteiger partial charge in [-0.2, -0.15) is 0 Å². The average molecular weight is 213 g/mol. The second-order valence-corrected chi connectivity index (χ2v) is 4.30. The van der Waals surface area contributed by atoms with Crippen molar-refractivity contribution in [2.45, 2.75) is 44.7 Å². The van der Waals surface area contributed by atoms with Crippen LogP contribution in [-0.2, 0) is 4.79 Å². The number of nitrogens with zero attached hydrogens (tertiary/aromatic N) is 1. The minimum Gasteiger partial charge on any atom is -0.358 e. The van der Waals surface area contributed by atoms with Crippen molar-refractivity contribution in [3.05, 3.63) is 0 Å². The highest BCUT2D eigenvalue weighted by atomic mass is 16.1. The summed E-state index contributed by atoms with van der Waals surface area (Å²) in [7, 11) is 1.69. The summed E-state index contributed by atoms with van der Waals surface area (Å²) in [5.74, 6) is 0.103. The van der Waals surface area contributed by atoms with Gasteiger partial charge >= 0.3 is 0 Å². The third-order valence-electron chi connectivity index (χ3n) is 3.29. The fourth-order valence-electron chi connectivity index (χ4n) is 2.23. The van der Waals surface area contributed by atoms with Gasteiger partial charge in [-0.15, -0.1) is 0 Å². The predicted octanol–water partition coefficient (Wildman–Crippen LogP) is 0.324. The molecule has 1 rings (SSSR count). The Morgan fingerprint density at radius 2 is 2.00 bits per heavy atom. The molecule has 4 heteroatoms. The van der Waals surface area contributed by atoms with E-state index in [1.165, 1.54) is 0 Å². The van der Waals surface area contributed by atoms with Crippen molar-refractivity contribution in [1.29, 1.82) is 0 Å². The van der Waals surface area contributed by atoms with Crippen molar-refractivity contribution >= 4 is 5.91 Å². The lowest BCUT2D eigenvalue weighted by Crippen LogP contribution is -2.45. The van der Waals surface area contributed by atoms with Gasteiger partial charge in [0, 0.05) is 19.1 Å². The topological polar surface area (TPSA) is 58.4 Å². The largest absolute Gasteiger partial charge is 0.358 e. The number of carbonyl (C=O) groups excluding carboxylic acids is 1. The van der Waals surface area contributed by atoms with Crippen molar-refractivity contribution in [3.63, 3.8) is 0 Å². The fraction of sp³-hybridized carbons (Fsp3) is 0.909. The van der Waals surface area contributed by atoms with E-state index in [0.717, 1.165) is 32.2 Å². The van der Waals surface area contributed by atoms with Crippen LogP contribution in [0.25, 0.3) is 0 Å². The van der Waals surface area contributed by atoms with Crippen LogP contribution in [0.4, 0.5) is 0 Å². The molecule has 0 bridgehead atoms. The molecular formula is C11H23N3O. The molecule has 88 valence electrons. The number of nitrogens with one attached hydrogen (secondary N) is 1. The molecule has 0 aromatic carbocycles. The van der Waals surface area contributed by atoms with Crippen LogP contribution in [0.1, 0.15) is 32.6 Å². The van der Waals surface area contributed by atoms with Gasteiger partial charge in [0.05, 0.1) is 6.54 Å².